The lowest BCUT2D eigenvalue weighted by Gasteiger charge is -2.30. The zero-order chi connectivity index (χ0) is 22.2. The number of carbonyl (C=O) groups excluding carboxylic acids is 1. The van der Waals surface area contributed by atoms with E-state index in [0.717, 1.165) is 40.2 Å². The van der Waals surface area contributed by atoms with Crippen LogP contribution in [0.3, 0.4) is 0 Å². The number of Topliss-reactive ketones (excluding diaryl/α,β-unsaturated/α-hetero) is 1. The minimum Gasteiger partial charge on any atom is -0.504 e. The topological polar surface area (TPSA) is 70.6 Å². The molecule has 32 heavy (non-hydrogen) atoms. The molecule has 162 valence electrons. The van der Waals surface area contributed by atoms with Crippen molar-refractivity contribution < 1.29 is 14.6 Å². The summed E-state index contributed by atoms with van der Waals surface area (Å²) in [7, 11) is 1.53. The summed E-state index contributed by atoms with van der Waals surface area (Å²) in [6, 6.07) is 21.4. The summed E-state index contributed by atoms with van der Waals surface area (Å²) in [6.45, 7) is 2.05. The Bertz CT molecular complexity index is 1220. The summed E-state index contributed by atoms with van der Waals surface area (Å²) < 4.78 is 5.34. The van der Waals surface area contributed by atoms with Crippen LogP contribution in [0, 0.1) is 6.92 Å². The molecule has 5 rings (SSSR count). The molecule has 0 unspecified atom stereocenters. The maximum Gasteiger partial charge on any atom is 0.163 e. The summed E-state index contributed by atoms with van der Waals surface area (Å²) in [5.41, 5.74) is 6.78. The Hall–Kier alpha value is -3.73. The van der Waals surface area contributed by atoms with E-state index in [1.807, 2.05) is 24.3 Å². The highest BCUT2D eigenvalue weighted by Gasteiger charge is 2.36. The number of methoxy groups -OCH3 is 1. The molecule has 1 aliphatic heterocycles. The number of ether oxygens (including phenoxy) is 1. The van der Waals surface area contributed by atoms with E-state index < -0.39 is 0 Å². The van der Waals surface area contributed by atoms with Crippen LogP contribution in [0.4, 0.5) is 11.4 Å². The average Bonchev–Trinajstić information content (AvgIpc) is 2.96. The monoisotopic (exact) mass is 426 g/mol. The van der Waals surface area contributed by atoms with Crippen LogP contribution in [-0.4, -0.2) is 18.0 Å². The Morgan fingerprint density at radius 1 is 0.938 bits per heavy atom. The number of nitrogens with one attached hydrogen (secondary N) is 2. The SMILES string of the molecule is COc1cc([C@H]2Nc3cc(C)ccc3NC3=C2C(=O)C[C@@H](c2ccccc2)C3)ccc1O. The van der Waals surface area contributed by atoms with Gasteiger partial charge < -0.3 is 20.5 Å². The number of phenolic OH excluding ortho intramolecular Hbond substituents is 1. The molecule has 3 aromatic carbocycles. The number of phenols is 1. The van der Waals surface area contributed by atoms with E-state index in [-0.39, 0.29) is 23.5 Å². The van der Waals surface area contributed by atoms with E-state index in [0.29, 0.717) is 12.2 Å². The van der Waals surface area contributed by atoms with Crippen molar-refractivity contribution in [3.05, 3.63) is 94.7 Å². The lowest BCUT2D eigenvalue weighted by molar-refractivity contribution is -0.116. The number of rotatable bonds is 3. The third-order valence-corrected chi connectivity index (χ3v) is 6.37. The van der Waals surface area contributed by atoms with Gasteiger partial charge in [0.05, 0.1) is 24.5 Å². The van der Waals surface area contributed by atoms with E-state index in [1.165, 1.54) is 12.7 Å². The zero-order valence-electron chi connectivity index (χ0n) is 18.2. The fourth-order valence-corrected chi connectivity index (χ4v) is 4.75. The first-order valence-corrected chi connectivity index (χ1v) is 10.9. The second kappa shape index (κ2) is 8.08. The second-order valence-corrected chi connectivity index (χ2v) is 8.51. The van der Waals surface area contributed by atoms with E-state index in [2.05, 4.69) is 47.9 Å². The molecule has 0 bridgehead atoms. The number of allylic oxidation sites excluding steroid dienone is 1. The maximum atomic E-state index is 13.6. The Morgan fingerprint density at radius 3 is 2.53 bits per heavy atom. The molecule has 1 aliphatic carbocycles. The molecule has 0 amide bonds. The number of aryl methyl sites for hydroxylation is 1. The van der Waals surface area contributed by atoms with E-state index in [9.17, 15) is 9.90 Å². The summed E-state index contributed by atoms with van der Waals surface area (Å²) in [4.78, 5) is 13.6. The van der Waals surface area contributed by atoms with Crippen molar-refractivity contribution in [3.63, 3.8) is 0 Å². The zero-order valence-corrected chi connectivity index (χ0v) is 18.2. The number of aromatic hydroxyl groups is 1. The number of benzene rings is 3. The van der Waals surface area contributed by atoms with Crippen LogP contribution < -0.4 is 15.4 Å². The standard InChI is InChI=1S/C27H26N2O3/c1-16-8-10-20-21(12-16)29-27(18-9-11-23(30)25(15-18)32-2)26-22(28-20)13-19(14-24(26)31)17-6-4-3-5-7-17/h3-12,15,19,27-30H,13-14H2,1-2H3/t19-,27+/m0/s1. The van der Waals surface area contributed by atoms with Crippen LogP contribution >= 0.6 is 0 Å². The van der Waals surface area contributed by atoms with Crippen molar-refractivity contribution in [2.45, 2.75) is 31.7 Å². The average molecular weight is 427 g/mol. The van der Waals surface area contributed by atoms with Gasteiger partial charge in [0, 0.05) is 17.7 Å². The number of hydrogen-bond acceptors (Lipinski definition) is 5. The molecule has 1 heterocycles. The van der Waals surface area contributed by atoms with Gasteiger partial charge in [-0.2, -0.15) is 0 Å². The molecule has 0 spiro atoms. The summed E-state index contributed by atoms with van der Waals surface area (Å²) >= 11 is 0. The van der Waals surface area contributed by atoms with E-state index in [4.69, 9.17) is 4.74 Å². The molecule has 3 N–H and O–H groups in total. The second-order valence-electron chi connectivity index (χ2n) is 8.51. The number of anilines is 2. The van der Waals surface area contributed by atoms with Gasteiger partial charge in [-0.1, -0.05) is 42.5 Å². The lowest BCUT2D eigenvalue weighted by Crippen LogP contribution is -2.26. The first-order chi connectivity index (χ1) is 15.5. The van der Waals surface area contributed by atoms with Gasteiger partial charge in [0.1, 0.15) is 0 Å². The molecular formula is C27H26N2O3. The minimum absolute atomic E-state index is 0.0764. The highest BCUT2D eigenvalue weighted by atomic mass is 16.5. The van der Waals surface area contributed by atoms with Gasteiger partial charge in [-0.15, -0.1) is 0 Å². The minimum atomic E-state index is -0.348. The van der Waals surface area contributed by atoms with Crippen LogP contribution in [0.2, 0.25) is 0 Å². The number of fused-ring (bicyclic) bond motifs is 1. The maximum absolute atomic E-state index is 13.6. The molecule has 2 aliphatic rings. The van der Waals surface area contributed by atoms with Gasteiger partial charge in [0.2, 0.25) is 0 Å². The Balaban J connectivity index is 1.64. The van der Waals surface area contributed by atoms with Crippen molar-refractivity contribution in [2.75, 3.05) is 17.7 Å². The van der Waals surface area contributed by atoms with Gasteiger partial charge in [-0.25, -0.2) is 0 Å². The molecule has 5 nitrogen and oxygen atoms in total. The third kappa shape index (κ3) is 3.60. The van der Waals surface area contributed by atoms with Crippen molar-refractivity contribution in [2.24, 2.45) is 0 Å². The quantitative estimate of drug-likeness (QED) is 0.502. The van der Waals surface area contributed by atoms with Gasteiger partial charge in [-0.3, -0.25) is 4.79 Å². The smallest absolute Gasteiger partial charge is 0.163 e. The molecule has 5 heteroatoms. The van der Waals surface area contributed by atoms with Crippen molar-refractivity contribution in [3.8, 4) is 11.5 Å². The Labute approximate surface area is 187 Å². The Kier molecular flexibility index (Phi) is 5.10. The summed E-state index contributed by atoms with van der Waals surface area (Å²) in [6.07, 6.45) is 1.22. The van der Waals surface area contributed by atoms with Gasteiger partial charge >= 0.3 is 0 Å². The molecule has 0 aromatic heterocycles. The highest BCUT2D eigenvalue weighted by Crippen LogP contribution is 2.45. The van der Waals surface area contributed by atoms with Crippen molar-refractivity contribution >= 4 is 17.2 Å². The first-order valence-electron chi connectivity index (χ1n) is 10.9. The number of hydrogen-bond donors (Lipinski definition) is 3. The predicted octanol–water partition coefficient (Wildman–Crippen LogP) is 5.69. The fourth-order valence-electron chi connectivity index (χ4n) is 4.75. The van der Waals surface area contributed by atoms with Crippen LogP contribution in [0.15, 0.2) is 78.0 Å². The summed E-state index contributed by atoms with van der Waals surface area (Å²) in [5, 5.41) is 17.3. The largest absolute Gasteiger partial charge is 0.504 e. The number of ketones is 1. The van der Waals surface area contributed by atoms with E-state index in [1.54, 1.807) is 12.1 Å². The highest BCUT2D eigenvalue weighted by molar-refractivity contribution is 6.01. The molecular weight excluding hydrogens is 400 g/mol. The van der Waals surface area contributed by atoms with Gasteiger partial charge in [-0.05, 0) is 60.2 Å². The summed E-state index contributed by atoms with van der Waals surface area (Å²) in [5.74, 6) is 0.727. The molecule has 0 fully saturated rings. The molecule has 2 atom stereocenters. The number of carbonyl (C=O) groups is 1. The van der Waals surface area contributed by atoms with Crippen LogP contribution in [-0.2, 0) is 4.79 Å². The van der Waals surface area contributed by atoms with Crippen molar-refractivity contribution in [1.82, 2.24) is 0 Å². The molecule has 0 saturated carbocycles. The molecule has 0 radical (unpaired) electrons. The fraction of sp³-hybridized carbons (Fsp3) is 0.222. The van der Waals surface area contributed by atoms with Gasteiger partial charge in [0.15, 0.2) is 17.3 Å². The van der Waals surface area contributed by atoms with Crippen molar-refractivity contribution in [1.29, 1.82) is 0 Å². The van der Waals surface area contributed by atoms with Gasteiger partial charge in [0.25, 0.3) is 0 Å². The third-order valence-electron chi connectivity index (χ3n) is 6.37. The molecule has 3 aromatic rings. The van der Waals surface area contributed by atoms with Crippen LogP contribution in [0.1, 0.15) is 41.5 Å². The normalized spacial score (nSPS) is 19.9. The van der Waals surface area contributed by atoms with Crippen LogP contribution in [0.5, 0.6) is 11.5 Å². The lowest BCUT2D eigenvalue weighted by atomic mass is 9.78. The molecule has 0 saturated heterocycles. The Morgan fingerprint density at radius 2 is 1.75 bits per heavy atom. The first kappa shape index (κ1) is 20.2. The van der Waals surface area contributed by atoms with Crippen LogP contribution in [0.25, 0.3) is 0 Å². The van der Waals surface area contributed by atoms with E-state index >= 15 is 0 Å². The predicted molar refractivity (Wildman–Crippen MR) is 126 cm³/mol.